The number of rotatable bonds is 5. The molecule has 2 aromatic carbocycles. The van der Waals surface area contributed by atoms with E-state index in [0.29, 0.717) is 35.5 Å². The Kier molecular flexibility index (Phi) is 6.25. The molecule has 0 bridgehead atoms. The standard InChI is InChI=1S/C31H34FNO4/c1-30(2)13-21-28(23(34)15-30)27(29-22(33-21)14-31(3,4)16-24(29)35)19-8-11-25(26(12-19)36-5)37-17-18-6-9-20(32)10-7-18/h6-12,27,33H,13-17H2,1-5H3. The van der Waals surface area contributed by atoms with Crippen LogP contribution in [0.25, 0.3) is 0 Å². The Hall–Kier alpha value is -3.41. The number of ether oxygens (including phenoxy) is 2. The minimum Gasteiger partial charge on any atom is -0.493 e. The van der Waals surface area contributed by atoms with E-state index in [-0.39, 0.29) is 34.8 Å². The second kappa shape index (κ2) is 9.16. The van der Waals surface area contributed by atoms with Crippen LogP contribution in [0, 0.1) is 16.6 Å². The van der Waals surface area contributed by atoms with Gasteiger partial charge in [0.2, 0.25) is 0 Å². The molecule has 0 saturated carbocycles. The van der Waals surface area contributed by atoms with Crippen molar-refractivity contribution >= 4 is 11.6 Å². The van der Waals surface area contributed by atoms with Gasteiger partial charge in [-0.25, -0.2) is 4.39 Å². The van der Waals surface area contributed by atoms with Crippen molar-refractivity contribution in [2.75, 3.05) is 7.11 Å². The third-order valence-electron chi connectivity index (χ3n) is 7.55. The van der Waals surface area contributed by atoms with Crippen LogP contribution in [-0.4, -0.2) is 18.7 Å². The summed E-state index contributed by atoms with van der Waals surface area (Å²) in [6.07, 6.45) is 2.41. The van der Waals surface area contributed by atoms with Gasteiger partial charge in [-0.1, -0.05) is 45.9 Å². The molecule has 2 aromatic rings. The molecular formula is C31H34FNO4. The lowest BCUT2D eigenvalue weighted by atomic mass is 9.64. The molecule has 5 nitrogen and oxygen atoms in total. The normalized spacial score (nSPS) is 20.8. The molecule has 0 saturated heterocycles. The molecule has 3 aliphatic rings. The number of hydrogen-bond acceptors (Lipinski definition) is 5. The van der Waals surface area contributed by atoms with Crippen molar-refractivity contribution in [1.82, 2.24) is 5.32 Å². The Bertz CT molecular complexity index is 1280. The van der Waals surface area contributed by atoms with E-state index in [0.717, 1.165) is 35.4 Å². The SMILES string of the molecule is COc1cc(C2C3=C(CC(C)(C)CC3=O)NC3=C2C(=O)CC(C)(C)C3)ccc1OCc1ccc(F)cc1. The van der Waals surface area contributed by atoms with E-state index in [2.05, 4.69) is 33.0 Å². The molecule has 0 spiro atoms. The Morgan fingerprint density at radius 2 is 1.41 bits per heavy atom. The number of halogens is 1. The van der Waals surface area contributed by atoms with E-state index < -0.39 is 5.92 Å². The number of carbonyl (C=O) groups excluding carboxylic acids is 2. The molecule has 0 unspecified atom stereocenters. The van der Waals surface area contributed by atoms with Gasteiger partial charge in [-0.15, -0.1) is 0 Å². The summed E-state index contributed by atoms with van der Waals surface area (Å²) in [5, 5.41) is 3.55. The Balaban J connectivity index is 1.55. The maximum atomic E-state index is 13.5. The molecule has 2 aliphatic carbocycles. The summed E-state index contributed by atoms with van der Waals surface area (Å²) in [4.78, 5) is 27.1. The quantitative estimate of drug-likeness (QED) is 0.512. The van der Waals surface area contributed by atoms with E-state index in [1.165, 1.54) is 12.1 Å². The van der Waals surface area contributed by atoms with Gasteiger partial charge in [-0.05, 0) is 59.1 Å². The Labute approximate surface area is 217 Å². The van der Waals surface area contributed by atoms with Crippen molar-refractivity contribution in [2.24, 2.45) is 10.8 Å². The van der Waals surface area contributed by atoms with Gasteiger partial charge in [0.15, 0.2) is 23.1 Å². The van der Waals surface area contributed by atoms with Crippen LogP contribution in [0.2, 0.25) is 0 Å². The average Bonchev–Trinajstić information content (AvgIpc) is 2.80. The molecule has 1 aliphatic heterocycles. The number of allylic oxidation sites excluding steroid dienone is 4. The van der Waals surface area contributed by atoms with E-state index in [1.807, 2.05) is 18.2 Å². The van der Waals surface area contributed by atoms with Crippen molar-refractivity contribution in [3.8, 4) is 11.5 Å². The Morgan fingerprint density at radius 3 is 1.95 bits per heavy atom. The summed E-state index contributed by atoms with van der Waals surface area (Å²) in [5.41, 5.74) is 4.67. The minimum atomic E-state index is -0.432. The van der Waals surface area contributed by atoms with Crippen molar-refractivity contribution in [3.63, 3.8) is 0 Å². The van der Waals surface area contributed by atoms with Gasteiger partial charge in [0, 0.05) is 41.3 Å². The molecule has 37 heavy (non-hydrogen) atoms. The maximum Gasteiger partial charge on any atom is 0.162 e. The van der Waals surface area contributed by atoms with E-state index in [9.17, 15) is 14.0 Å². The van der Waals surface area contributed by atoms with Gasteiger partial charge in [0.05, 0.1) is 7.11 Å². The fraction of sp³-hybridized carbons (Fsp3) is 0.419. The summed E-state index contributed by atoms with van der Waals surface area (Å²) in [7, 11) is 1.57. The third-order valence-corrected chi connectivity index (χ3v) is 7.55. The van der Waals surface area contributed by atoms with Crippen molar-refractivity contribution in [2.45, 2.75) is 65.9 Å². The van der Waals surface area contributed by atoms with Crippen LogP contribution in [0.4, 0.5) is 4.39 Å². The summed E-state index contributed by atoms with van der Waals surface area (Å²) < 4.78 is 24.9. The molecule has 1 heterocycles. The van der Waals surface area contributed by atoms with Gasteiger partial charge in [-0.2, -0.15) is 0 Å². The van der Waals surface area contributed by atoms with Gasteiger partial charge in [0.25, 0.3) is 0 Å². The number of dihydropyridines is 1. The number of Topliss-reactive ketones (excluding diaryl/α,β-unsaturated/α-hetero) is 2. The van der Waals surface area contributed by atoms with Gasteiger partial charge >= 0.3 is 0 Å². The topological polar surface area (TPSA) is 64.6 Å². The first-order valence-corrected chi connectivity index (χ1v) is 12.8. The van der Waals surface area contributed by atoms with Crippen LogP contribution < -0.4 is 14.8 Å². The average molecular weight is 504 g/mol. The molecular weight excluding hydrogens is 469 g/mol. The molecule has 5 rings (SSSR count). The highest BCUT2D eigenvalue weighted by Gasteiger charge is 2.46. The van der Waals surface area contributed by atoms with Gasteiger partial charge < -0.3 is 14.8 Å². The van der Waals surface area contributed by atoms with Crippen molar-refractivity contribution in [1.29, 1.82) is 0 Å². The Morgan fingerprint density at radius 1 is 0.838 bits per heavy atom. The summed E-state index contributed by atoms with van der Waals surface area (Å²) >= 11 is 0. The van der Waals surface area contributed by atoms with Crippen LogP contribution in [0.15, 0.2) is 65.0 Å². The lowest BCUT2D eigenvalue weighted by Gasteiger charge is -2.44. The monoisotopic (exact) mass is 503 g/mol. The summed E-state index contributed by atoms with van der Waals surface area (Å²) in [6, 6.07) is 11.8. The van der Waals surface area contributed by atoms with Crippen LogP contribution in [0.3, 0.4) is 0 Å². The second-order valence-electron chi connectivity index (χ2n) is 12.0. The summed E-state index contributed by atoms with van der Waals surface area (Å²) in [6.45, 7) is 8.71. The highest BCUT2D eigenvalue weighted by molar-refractivity contribution is 6.06. The fourth-order valence-corrected chi connectivity index (χ4v) is 5.95. The number of carbonyl (C=O) groups is 2. The summed E-state index contributed by atoms with van der Waals surface area (Å²) in [5.74, 6) is 0.511. The molecule has 6 heteroatoms. The van der Waals surface area contributed by atoms with E-state index in [4.69, 9.17) is 9.47 Å². The predicted octanol–water partition coefficient (Wildman–Crippen LogP) is 6.39. The van der Waals surface area contributed by atoms with Gasteiger partial charge in [0.1, 0.15) is 12.4 Å². The molecule has 194 valence electrons. The number of ketones is 2. The highest BCUT2D eigenvalue weighted by Crippen LogP contribution is 2.51. The molecule has 0 fully saturated rings. The number of methoxy groups -OCH3 is 1. The molecule has 0 amide bonds. The zero-order valence-corrected chi connectivity index (χ0v) is 22.2. The van der Waals surface area contributed by atoms with Crippen LogP contribution in [-0.2, 0) is 16.2 Å². The smallest absolute Gasteiger partial charge is 0.162 e. The van der Waals surface area contributed by atoms with Crippen LogP contribution in [0.5, 0.6) is 11.5 Å². The van der Waals surface area contributed by atoms with E-state index >= 15 is 0 Å². The third kappa shape index (κ3) is 4.94. The zero-order valence-electron chi connectivity index (χ0n) is 22.2. The molecule has 1 N–H and O–H groups in total. The molecule has 0 radical (unpaired) electrons. The van der Waals surface area contributed by atoms with E-state index in [1.54, 1.807) is 19.2 Å². The second-order valence-corrected chi connectivity index (χ2v) is 12.0. The van der Waals surface area contributed by atoms with Crippen LogP contribution >= 0.6 is 0 Å². The maximum absolute atomic E-state index is 13.5. The fourth-order valence-electron chi connectivity index (χ4n) is 5.95. The number of hydrogen-bond donors (Lipinski definition) is 1. The minimum absolute atomic E-state index is 0.0866. The van der Waals surface area contributed by atoms with Crippen molar-refractivity contribution in [3.05, 3.63) is 81.9 Å². The predicted molar refractivity (Wildman–Crippen MR) is 140 cm³/mol. The molecule has 0 aromatic heterocycles. The molecule has 0 atom stereocenters. The van der Waals surface area contributed by atoms with Crippen LogP contribution in [0.1, 0.15) is 70.4 Å². The zero-order chi connectivity index (χ0) is 26.5. The number of benzene rings is 2. The van der Waals surface area contributed by atoms with Gasteiger partial charge in [-0.3, -0.25) is 9.59 Å². The van der Waals surface area contributed by atoms with Crippen molar-refractivity contribution < 1.29 is 23.5 Å². The largest absolute Gasteiger partial charge is 0.493 e. The highest BCUT2D eigenvalue weighted by atomic mass is 19.1. The lowest BCUT2D eigenvalue weighted by molar-refractivity contribution is -0.119. The first kappa shape index (κ1) is 25.2. The lowest BCUT2D eigenvalue weighted by Crippen LogP contribution is -2.42. The first-order chi connectivity index (χ1) is 17.5. The number of nitrogens with one attached hydrogen (secondary N) is 1. The first-order valence-electron chi connectivity index (χ1n) is 12.8.